The van der Waals surface area contributed by atoms with Gasteiger partial charge in [0, 0.05) is 18.3 Å². The van der Waals surface area contributed by atoms with E-state index in [1.165, 1.54) is 11.3 Å². The Hall–Kier alpha value is -2.55. The number of thiophene rings is 1. The molecule has 0 bridgehead atoms. The number of carbonyl (C=O) groups is 1. The van der Waals surface area contributed by atoms with Gasteiger partial charge in [-0.05, 0) is 62.6 Å². The molecule has 7 nitrogen and oxygen atoms in total. The van der Waals surface area contributed by atoms with Crippen LogP contribution >= 0.6 is 11.3 Å². The van der Waals surface area contributed by atoms with E-state index in [2.05, 4.69) is 17.4 Å². The lowest BCUT2D eigenvalue weighted by Gasteiger charge is -2.40. The SMILES string of the molecule is COc1ccc(N2C=CC(N(C(=O)c3cccs3)C3CCN(C)CC3)N2)cc1OC. The third-order valence-electron chi connectivity index (χ3n) is 5.68. The zero-order valence-electron chi connectivity index (χ0n) is 17.6. The lowest BCUT2D eigenvalue weighted by atomic mass is 10.0. The van der Waals surface area contributed by atoms with Crippen molar-refractivity contribution in [3.63, 3.8) is 0 Å². The molecule has 2 aliphatic rings. The van der Waals surface area contributed by atoms with Crippen molar-refractivity contribution in [1.82, 2.24) is 15.2 Å². The summed E-state index contributed by atoms with van der Waals surface area (Å²) in [6, 6.07) is 9.78. The van der Waals surface area contributed by atoms with Gasteiger partial charge in [-0.25, -0.2) is 5.43 Å². The van der Waals surface area contributed by atoms with Crippen molar-refractivity contribution in [2.45, 2.75) is 25.0 Å². The maximum atomic E-state index is 13.4. The average Bonchev–Trinajstić information content (AvgIpc) is 3.47. The van der Waals surface area contributed by atoms with Crippen molar-refractivity contribution < 1.29 is 14.3 Å². The number of hydrazine groups is 1. The van der Waals surface area contributed by atoms with Crippen LogP contribution in [0.15, 0.2) is 48.0 Å². The van der Waals surface area contributed by atoms with Crippen LogP contribution in [0.5, 0.6) is 11.5 Å². The number of likely N-dealkylation sites (tertiary alicyclic amines) is 1. The zero-order valence-corrected chi connectivity index (χ0v) is 18.4. The molecule has 3 heterocycles. The fourth-order valence-corrected chi connectivity index (χ4v) is 4.67. The summed E-state index contributed by atoms with van der Waals surface area (Å²) in [4.78, 5) is 18.5. The number of methoxy groups -OCH3 is 2. The van der Waals surface area contributed by atoms with E-state index < -0.39 is 0 Å². The van der Waals surface area contributed by atoms with Gasteiger partial charge in [0.2, 0.25) is 0 Å². The van der Waals surface area contributed by atoms with Gasteiger partial charge < -0.3 is 19.3 Å². The Morgan fingerprint density at radius 1 is 1.17 bits per heavy atom. The molecule has 1 aromatic heterocycles. The highest BCUT2D eigenvalue weighted by atomic mass is 32.1. The Morgan fingerprint density at radius 3 is 2.60 bits per heavy atom. The number of anilines is 1. The number of nitrogens with one attached hydrogen (secondary N) is 1. The fraction of sp³-hybridized carbons (Fsp3) is 0.409. The first-order valence-corrected chi connectivity index (χ1v) is 11.0. The summed E-state index contributed by atoms with van der Waals surface area (Å²) in [5.41, 5.74) is 4.38. The Morgan fingerprint density at radius 2 is 1.93 bits per heavy atom. The highest BCUT2D eigenvalue weighted by Crippen LogP contribution is 2.32. The van der Waals surface area contributed by atoms with Gasteiger partial charge in [0.25, 0.3) is 5.91 Å². The fourth-order valence-electron chi connectivity index (χ4n) is 4.01. The van der Waals surface area contributed by atoms with Gasteiger partial charge in [0.05, 0.1) is 24.8 Å². The van der Waals surface area contributed by atoms with Gasteiger partial charge in [-0.15, -0.1) is 11.3 Å². The van der Waals surface area contributed by atoms with E-state index >= 15 is 0 Å². The third-order valence-corrected chi connectivity index (χ3v) is 6.54. The number of carbonyl (C=O) groups excluding carboxylic acids is 1. The van der Waals surface area contributed by atoms with E-state index in [1.54, 1.807) is 14.2 Å². The summed E-state index contributed by atoms with van der Waals surface area (Å²) in [7, 11) is 5.38. The molecule has 2 aliphatic heterocycles. The molecule has 1 fully saturated rings. The largest absolute Gasteiger partial charge is 0.493 e. The van der Waals surface area contributed by atoms with E-state index in [9.17, 15) is 4.79 Å². The summed E-state index contributed by atoms with van der Waals surface area (Å²) in [5, 5.41) is 3.88. The van der Waals surface area contributed by atoms with Crippen molar-refractivity contribution >= 4 is 22.9 Å². The van der Waals surface area contributed by atoms with Crippen LogP contribution in [-0.2, 0) is 0 Å². The second-order valence-electron chi connectivity index (χ2n) is 7.55. The maximum absolute atomic E-state index is 13.4. The van der Waals surface area contributed by atoms with Crippen LogP contribution in [0.1, 0.15) is 22.5 Å². The topological polar surface area (TPSA) is 57.3 Å². The summed E-state index contributed by atoms with van der Waals surface area (Å²) in [6.45, 7) is 1.99. The molecule has 0 spiro atoms. The molecule has 1 unspecified atom stereocenters. The molecule has 8 heteroatoms. The molecule has 30 heavy (non-hydrogen) atoms. The predicted molar refractivity (Wildman–Crippen MR) is 119 cm³/mol. The first-order valence-electron chi connectivity index (χ1n) is 10.1. The average molecular weight is 429 g/mol. The lowest BCUT2D eigenvalue weighted by molar-refractivity contribution is 0.0492. The highest BCUT2D eigenvalue weighted by molar-refractivity contribution is 7.12. The predicted octanol–water partition coefficient (Wildman–Crippen LogP) is 3.17. The number of hydrogen-bond acceptors (Lipinski definition) is 7. The summed E-state index contributed by atoms with van der Waals surface area (Å²) in [5.74, 6) is 1.42. The van der Waals surface area contributed by atoms with Crippen molar-refractivity contribution in [1.29, 1.82) is 0 Å². The van der Waals surface area contributed by atoms with E-state index in [0.29, 0.717) is 11.5 Å². The van der Waals surface area contributed by atoms with Crippen LogP contribution in [0, 0.1) is 0 Å². The van der Waals surface area contributed by atoms with Gasteiger partial charge in [-0.1, -0.05) is 6.07 Å². The Balaban J connectivity index is 1.55. The van der Waals surface area contributed by atoms with Crippen molar-refractivity contribution in [2.24, 2.45) is 0 Å². The minimum absolute atomic E-state index is 0.0795. The van der Waals surface area contributed by atoms with Gasteiger partial charge in [0.15, 0.2) is 11.5 Å². The molecule has 1 amide bonds. The number of rotatable bonds is 6. The molecule has 1 N–H and O–H groups in total. The van der Waals surface area contributed by atoms with Crippen LogP contribution in [0.3, 0.4) is 0 Å². The van der Waals surface area contributed by atoms with Gasteiger partial charge in [-0.3, -0.25) is 9.80 Å². The minimum atomic E-state index is -0.207. The molecule has 0 saturated carbocycles. The molecular formula is C22H28N4O3S. The van der Waals surface area contributed by atoms with Crippen LogP contribution < -0.4 is 19.9 Å². The van der Waals surface area contributed by atoms with E-state index in [0.717, 1.165) is 36.5 Å². The van der Waals surface area contributed by atoms with E-state index in [4.69, 9.17) is 9.47 Å². The molecule has 160 valence electrons. The normalized spacial score (nSPS) is 19.8. The summed E-state index contributed by atoms with van der Waals surface area (Å²) in [6.07, 6.45) is 5.74. The van der Waals surface area contributed by atoms with Crippen LogP contribution in [0.2, 0.25) is 0 Å². The lowest BCUT2D eigenvalue weighted by Crippen LogP contribution is -2.56. The maximum Gasteiger partial charge on any atom is 0.265 e. The number of piperidine rings is 1. The Kier molecular flexibility index (Phi) is 6.26. The quantitative estimate of drug-likeness (QED) is 0.763. The van der Waals surface area contributed by atoms with Crippen LogP contribution in [0.4, 0.5) is 5.69 Å². The van der Waals surface area contributed by atoms with Crippen molar-refractivity contribution in [3.05, 3.63) is 52.9 Å². The van der Waals surface area contributed by atoms with Gasteiger partial charge in [0.1, 0.15) is 6.17 Å². The van der Waals surface area contributed by atoms with Crippen molar-refractivity contribution in [3.8, 4) is 11.5 Å². The number of nitrogens with zero attached hydrogens (tertiary/aromatic N) is 3. The molecule has 2 aromatic rings. The van der Waals surface area contributed by atoms with Gasteiger partial charge in [-0.2, -0.15) is 0 Å². The summed E-state index contributed by atoms with van der Waals surface area (Å²) >= 11 is 1.49. The minimum Gasteiger partial charge on any atom is -0.493 e. The van der Waals surface area contributed by atoms with E-state index in [-0.39, 0.29) is 18.1 Å². The zero-order chi connectivity index (χ0) is 21.1. The Bertz CT molecular complexity index is 894. The first kappa shape index (κ1) is 20.7. The molecule has 0 radical (unpaired) electrons. The third kappa shape index (κ3) is 4.16. The molecule has 0 aliphatic carbocycles. The molecule has 1 saturated heterocycles. The smallest absolute Gasteiger partial charge is 0.265 e. The number of amides is 1. The molecular weight excluding hydrogens is 400 g/mol. The number of ether oxygens (including phenoxy) is 2. The Labute approximate surface area is 181 Å². The number of hydrogen-bond donors (Lipinski definition) is 1. The van der Waals surface area contributed by atoms with E-state index in [1.807, 2.05) is 57.9 Å². The van der Waals surface area contributed by atoms with Crippen molar-refractivity contribution in [2.75, 3.05) is 39.4 Å². The highest BCUT2D eigenvalue weighted by Gasteiger charge is 2.35. The van der Waals surface area contributed by atoms with Crippen LogP contribution in [0.25, 0.3) is 0 Å². The molecule has 4 rings (SSSR count). The second-order valence-corrected chi connectivity index (χ2v) is 8.50. The summed E-state index contributed by atoms with van der Waals surface area (Å²) < 4.78 is 10.8. The van der Waals surface area contributed by atoms with Gasteiger partial charge >= 0.3 is 0 Å². The van der Waals surface area contributed by atoms with Crippen LogP contribution in [-0.4, -0.2) is 62.3 Å². The second kappa shape index (κ2) is 9.07. The molecule has 1 aromatic carbocycles. The number of benzene rings is 1. The monoisotopic (exact) mass is 428 g/mol. The first-order chi connectivity index (χ1) is 14.6. The molecule has 1 atom stereocenters. The standard InChI is InChI=1S/C22H28N4O3S/c1-24-11-8-16(9-12-24)26(22(27)20-5-4-14-30-20)21-10-13-25(23-21)17-6-7-18(28-2)19(15-17)29-3/h4-7,10,13-16,21,23H,8-9,11-12H2,1-3H3.